The Morgan fingerprint density at radius 2 is 2.21 bits per heavy atom. The lowest BCUT2D eigenvalue weighted by Crippen LogP contribution is -2.39. The number of benzene rings is 1. The van der Waals surface area contributed by atoms with Crippen molar-refractivity contribution >= 4 is 52.2 Å². The van der Waals surface area contributed by atoms with Crippen molar-refractivity contribution in [3.63, 3.8) is 0 Å². The molecule has 0 spiro atoms. The van der Waals surface area contributed by atoms with E-state index in [9.17, 15) is 4.79 Å². The highest BCUT2D eigenvalue weighted by Gasteiger charge is 2.24. The molecule has 0 bridgehead atoms. The maximum absolute atomic E-state index is 11.7. The van der Waals surface area contributed by atoms with E-state index in [1.165, 1.54) is 5.01 Å². The fourth-order valence-corrected chi connectivity index (χ4v) is 2.25. The second kappa shape index (κ2) is 7.06. The highest BCUT2D eigenvalue weighted by molar-refractivity contribution is 6.31. The van der Waals surface area contributed by atoms with Crippen LogP contribution in [0.15, 0.2) is 23.3 Å². The highest BCUT2D eigenvalue weighted by atomic mass is 35.5. The molecule has 2 aromatic rings. The zero-order valence-electron chi connectivity index (χ0n) is 12.6. The molecule has 1 amide bonds. The minimum absolute atomic E-state index is 0.0587. The van der Waals surface area contributed by atoms with E-state index < -0.39 is 6.09 Å². The number of rotatable bonds is 3. The standard InChI is InChI=1S/C14H13Cl2N5O3/c1-21-11-12(18-10-7-8(16)3-4-9(10)17-11)24-13(20-21)19-14(22)23-6-2-5-15/h3-4,7H,2,5-6H2,1H3,(H,19,20,22). The number of carbonyl (C=O) groups is 1. The molecular weight excluding hydrogens is 357 g/mol. The fourth-order valence-electron chi connectivity index (χ4n) is 1.97. The third-order valence-corrected chi connectivity index (χ3v) is 3.54. The Bertz CT molecular complexity index is 814. The Morgan fingerprint density at radius 3 is 3.00 bits per heavy atom. The van der Waals surface area contributed by atoms with Gasteiger partial charge in [-0.25, -0.2) is 25.1 Å². The number of nitrogens with one attached hydrogen (secondary N) is 1. The van der Waals surface area contributed by atoms with Crippen LogP contribution in [0.4, 0.5) is 10.6 Å². The van der Waals surface area contributed by atoms with Crippen molar-refractivity contribution in [3.8, 4) is 5.88 Å². The lowest BCUT2D eigenvalue weighted by atomic mass is 10.3. The second-order valence-corrected chi connectivity index (χ2v) is 5.63. The molecule has 0 saturated heterocycles. The van der Waals surface area contributed by atoms with Gasteiger partial charge < -0.3 is 9.47 Å². The largest absolute Gasteiger partial charge is 0.449 e. The Kier molecular flexibility index (Phi) is 4.86. The quantitative estimate of drug-likeness (QED) is 0.660. The van der Waals surface area contributed by atoms with Crippen LogP contribution in [0.5, 0.6) is 5.88 Å². The number of anilines is 1. The summed E-state index contributed by atoms with van der Waals surface area (Å²) < 4.78 is 10.4. The second-order valence-electron chi connectivity index (χ2n) is 4.82. The van der Waals surface area contributed by atoms with Crippen molar-refractivity contribution in [2.24, 2.45) is 5.10 Å². The Balaban J connectivity index is 1.79. The number of alkyl carbamates (subject to hydrolysis) is 1. The van der Waals surface area contributed by atoms with Crippen LogP contribution in [0.25, 0.3) is 11.0 Å². The molecule has 1 aliphatic heterocycles. The maximum atomic E-state index is 11.7. The SMILES string of the molecule is CN1N=C(NC(=O)OCCCCl)Oc2nc3cc(Cl)ccc3nc21. The molecule has 0 atom stereocenters. The molecule has 24 heavy (non-hydrogen) atoms. The minimum atomic E-state index is -0.687. The molecule has 8 nitrogen and oxygen atoms in total. The van der Waals surface area contributed by atoms with Gasteiger partial charge in [-0.1, -0.05) is 11.6 Å². The van der Waals surface area contributed by atoms with Gasteiger partial charge in [-0.15, -0.1) is 16.7 Å². The van der Waals surface area contributed by atoms with E-state index in [4.69, 9.17) is 32.7 Å². The van der Waals surface area contributed by atoms with Crippen molar-refractivity contribution in [1.82, 2.24) is 15.3 Å². The fraction of sp³-hybridized carbons (Fsp3) is 0.286. The average Bonchev–Trinajstić information content (AvgIpc) is 2.53. The topological polar surface area (TPSA) is 88.9 Å². The number of amidine groups is 1. The summed E-state index contributed by atoms with van der Waals surface area (Å²) in [6.45, 7) is 0.206. The molecule has 1 N–H and O–H groups in total. The molecule has 1 aromatic heterocycles. The number of alkyl halides is 1. The predicted octanol–water partition coefficient (Wildman–Crippen LogP) is 2.74. The third-order valence-electron chi connectivity index (χ3n) is 3.04. The lowest BCUT2D eigenvalue weighted by Gasteiger charge is -2.22. The van der Waals surface area contributed by atoms with Crippen LogP contribution in [0.1, 0.15) is 6.42 Å². The molecule has 10 heteroatoms. The summed E-state index contributed by atoms with van der Waals surface area (Å²) in [5.74, 6) is 1.04. The lowest BCUT2D eigenvalue weighted by molar-refractivity contribution is 0.150. The van der Waals surface area contributed by atoms with Gasteiger partial charge in [0, 0.05) is 18.0 Å². The van der Waals surface area contributed by atoms with Gasteiger partial charge in [0.15, 0.2) is 0 Å². The average molecular weight is 370 g/mol. The summed E-state index contributed by atoms with van der Waals surface area (Å²) in [5.41, 5.74) is 1.22. The molecule has 1 aromatic carbocycles. The smallest absolute Gasteiger partial charge is 0.415 e. The molecule has 0 aliphatic carbocycles. The van der Waals surface area contributed by atoms with Crippen molar-refractivity contribution in [3.05, 3.63) is 23.2 Å². The normalized spacial score (nSPS) is 13.1. The summed E-state index contributed by atoms with van der Waals surface area (Å²) in [5, 5.41) is 8.46. The van der Waals surface area contributed by atoms with Crippen LogP contribution in [0.3, 0.4) is 0 Å². The molecule has 0 unspecified atom stereocenters. The summed E-state index contributed by atoms with van der Waals surface area (Å²) >= 11 is 11.5. The maximum Gasteiger partial charge on any atom is 0.415 e. The third kappa shape index (κ3) is 3.60. The van der Waals surface area contributed by atoms with Gasteiger partial charge >= 0.3 is 12.1 Å². The van der Waals surface area contributed by atoms with Crippen LogP contribution in [-0.4, -0.2) is 41.6 Å². The van der Waals surface area contributed by atoms with Crippen molar-refractivity contribution in [2.75, 3.05) is 24.5 Å². The first-order valence-corrected chi connectivity index (χ1v) is 7.95. The van der Waals surface area contributed by atoms with Gasteiger partial charge in [-0.2, -0.15) is 0 Å². The van der Waals surface area contributed by atoms with E-state index in [0.29, 0.717) is 34.2 Å². The van der Waals surface area contributed by atoms with Gasteiger partial charge in [0.05, 0.1) is 17.6 Å². The van der Waals surface area contributed by atoms with Gasteiger partial charge in [-0.3, -0.25) is 0 Å². The van der Waals surface area contributed by atoms with Crippen molar-refractivity contribution in [2.45, 2.75) is 6.42 Å². The van der Waals surface area contributed by atoms with E-state index in [-0.39, 0.29) is 18.5 Å². The molecular formula is C14H13Cl2N5O3. The van der Waals surface area contributed by atoms with Gasteiger partial charge in [0.2, 0.25) is 5.82 Å². The van der Waals surface area contributed by atoms with E-state index in [0.717, 1.165) is 0 Å². The van der Waals surface area contributed by atoms with Gasteiger partial charge in [0.25, 0.3) is 5.88 Å². The molecule has 0 radical (unpaired) electrons. The molecule has 0 saturated carbocycles. The van der Waals surface area contributed by atoms with Gasteiger partial charge in [0.1, 0.15) is 0 Å². The van der Waals surface area contributed by atoms with Crippen LogP contribution < -0.4 is 15.1 Å². The van der Waals surface area contributed by atoms with Crippen LogP contribution in [-0.2, 0) is 4.74 Å². The van der Waals surface area contributed by atoms with Crippen LogP contribution in [0.2, 0.25) is 5.02 Å². The van der Waals surface area contributed by atoms with Crippen molar-refractivity contribution in [1.29, 1.82) is 0 Å². The van der Waals surface area contributed by atoms with Gasteiger partial charge in [-0.05, 0) is 24.6 Å². The highest BCUT2D eigenvalue weighted by Crippen LogP contribution is 2.30. The number of hydrazone groups is 1. The first-order chi connectivity index (χ1) is 11.6. The zero-order chi connectivity index (χ0) is 17.1. The zero-order valence-corrected chi connectivity index (χ0v) is 14.1. The van der Waals surface area contributed by atoms with Crippen molar-refractivity contribution < 1.29 is 14.3 Å². The first kappa shape index (κ1) is 16.5. The number of hydrogen-bond acceptors (Lipinski definition) is 7. The Morgan fingerprint density at radius 1 is 1.38 bits per heavy atom. The predicted molar refractivity (Wildman–Crippen MR) is 90.8 cm³/mol. The molecule has 3 rings (SSSR count). The Labute approximate surface area is 147 Å². The number of amides is 1. The number of hydrogen-bond donors (Lipinski definition) is 1. The molecule has 126 valence electrons. The minimum Gasteiger partial charge on any atom is -0.449 e. The van der Waals surface area contributed by atoms with E-state index in [2.05, 4.69) is 20.4 Å². The molecule has 1 aliphatic rings. The van der Waals surface area contributed by atoms with E-state index in [1.54, 1.807) is 25.2 Å². The number of halogens is 2. The summed E-state index contributed by atoms with van der Waals surface area (Å²) in [6.07, 6.45) is -0.129. The number of nitrogens with zero attached hydrogens (tertiary/aromatic N) is 4. The van der Waals surface area contributed by atoms with Crippen LogP contribution >= 0.6 is 23.2 Å². The number of aromatic nitrogens is 2. The van der Waals surface area contributed by atoms with Crippen LogP contribution in [0, 0.1) is 0 Å². The summed E-state index contributed by atoms with van der Waals surface area (Å²) in [7, 11) is 1.66. The molecule has 2 heterocycles. The summed E-state index contributed by atoms with van der Waals surface area (Å²) in [4.78, 5) is 20.4. The number of fused-ring (bicyclic) bond motifs is 2. The molecule has 0 fully saturated rings. The number of ether oxygens (including phenoxy) is 2. The number of carbonyl (C=O) groups excluding carboxylic acids is 1. The van der Waals surface area contributed by atoms with E-state index >= 15 is 0 Å². The van der Waals surface area contributed by atoms with E-state index in [1.807, 2.05) is 0 Å². The monoisotopic (exact) mass is 369 g/mol. The first-order valence-electron chi connectivity index (χ1n) is 7.04. The Hall–Kier alpha value is -2.32. The summed E-state index contributed by atoms with van der Waals surface area (Å²) in [6, 6.07) is 5.09.